The van der Waals surface area contributed by atoms with Gasteiger partial charge in [-0.05, 0) is 19.4 Å². The van der Waals surface area contributed by atoms with Crippen LogP contribution in [0.2, 0.25) is 0 Å². The summed E-state index contributed by atoms with van der Waals surface area (Å²) in [4.78, 5) is 18.7. The van der Waals surface area contributed by atoms with Crippen molar-refractivity contribution in [2.75, 3.05) is 19.6 Å². The van der Waals surface area contributed by atoms with Gasteiger partial charge in [-0.3, -0.25) is 4.79 Å². The highest BCUT2D eigenvalue weighted by atomic mass is 16.1. The third-order valence-corrected chi connectivity index (χ3v) is 2.92. The van der Waals surface area contributed by atoms with Crippen LogP contribution in [-0.2, 0) is 11.2 Å². The molecule has 0 aliphatic carbocycles. The fourth-order valence-corrected chi connectivity index (χ4v) is 1.96. The Morgan fingerprint density at radius 2 is 2.56 bits per heavy atom. The molecule has 0 spiro atoms. The van der Waals surface area contributed by atoms with Crippen LogP contribution in [0.4, 0.5) is 0 Å². The van der Waals surface area contributed by atoms with E-state index < -0.39 is 0 Å². The highest BCUT2D eigenvalue weighted by Crippen LogP contribution is 2.09. The van der Waals surface area contributed by atoms with E-state index in [0.29, 0.717) is 6.54 Å². The van der Waals surface area contributed by atoms with Gasteiger partial charge in [0.1, 0.15) is 0 Å². The largest absolute Gasteiger partial charge is 0.355 e. The molecule has 0 saturated carbocycles. The number of aromatic amines is 1. The molecule has 2 heterocycles. The van der Waals surface area contributed by atoms with Gasteiger partial charge in [0.25, 0.3) is 0 Å². The average Bonchev–Trinajstić information content (AvgIpc) is 2.83. The molecular weight excluding hydrogens is 204 g/mol. The quantitative estimate of drug-likeness (QED) is 0.675. The molecule has 1 saturated heterocycles. The summed E-state index contributed by atoms with van der Waals surface area (Å²) in [6.45, 7) is 2.53. The second-order valence-corrected chi connectivity index (χ2v) is 4.16. The minimum atomic E-state index is 0.149. The number of rotatable bonds is 4. The molecule has 0 aromatic carbocycles. The number of hydrogen-bond acceptors (Lipinski definition) is 3. The van der Waals surface area contributed by atoms with E-state index in [1.165, 1.54) is 0 Å². The van der Waals surface area contributed by atoms with Crippen molar-refractivity contribution in [1.82, 2.24) is 20.6 Å². The van der Waals surface area contributed by atoms with Crippen molar-refractivity contribution in [3.63, 3.8) is 0 Å². The maximum atomic E-state index is 11.7. The maximum Gasteiger partial charge on any atom is 0.224 e. The van der Waals surface area contributed by atoms with E-state index in [1.807, 2.05) is 0 Å². The summed E-state index contributed by atoms with van der Waals surface area (Å²) in [5.41, 5.74) is 1.06. The van der Waals surface area contributed by atoms with Crippen LogP contribution in [0, 0.1) is 5.92 Å². The van der Waals surface area contributed by atoms with E-state index in [1.54, 1.807) is 12.5 Å². The number of hydrogen-bond donors (Lipinski definition) is 3. The van der Waals surface area contributed by atoms with Crippen molar-refractivity contribution in [1.29, 1.82) is 0 Å². The summed E-state index contributed by atoms with van der Waals surface area (Å²) in [6.07, 6.45) is 6.35. The number of nitrogens with zero attached hydrogens (tertiary/aromatic N) is 1. The molecule has 1 aliphatic rings. The van der Waals surface area contributed by atoms with E-state index >= 15 is 0 Å². The fourth-order valence-electron chi connectivity index (χ4n) is 1.96. The average molecular weight is 222 g/mol. The van der Waals surface area contributed by atoms with Gasteiger partial charge in [-0.15, -0.1) is 0 Å². The van der Waals surface area contributed by atoms with Crippen LogP contribution in [-0.4, -0.2) is 35.5 Å². The Bertz CT molecular complexity index is 317. The van der Waals surface area contributed by atoms with Gasteiger partial charge in [-0.25, -0.2) is 4.98 Å². The summed E-state index contributed by atoms with van der Waals surface area (Å²) < 4.78 is 0. The summed E-state index contributed by atoms with van der Waals surface area (Å²) in [5.74, 6) is 0.322. The zero-order chi connectivity index (χ0) is 11.2. The molecule has 1 aliphatic heterocycles. The minimum absolute atomic E-state index is 0.149. The Morgan fingerprint density at radius 3 is 3.25 bits per heavy atom. The molecule has 0 radical (unpaired) electrons. The predicted molar refractivity (Wildman–Crippen MR) is 60.9 cm³/mol. The number of amides is 1. The first kappa shape index (κ1) is 11.1. The number of H-pyrrole nitrogens is 1. The summed E-state index contributed by atoms with van der Waals surface area (Å²) in [6, 6.07) is 0. The normalized spacial score (nSPS) is 20.6. The number of piperidine rings is 1. The van der Waals surface area contributed by atoms with Crippen molar-refractivity contribution < 1.29 is 4.79 Å². The molecule has 3 N–H and O–H groups in total. The molecule has 1 aromatic heterocycles. The molecular formula is C11H18N4O. The van der Waals surface area contributed by atoms with Gasteiger partial charge in [0.15, 0.2) is 0 Å². The lowest BCUT2D eigenvalue weighted by Crippen LogP contribution is -2.41. The SMILES string of the molecule is O=C(NCCc1cnc[nH]1)C1CCCNC1. The van der Waals surface area contributed by atoms with Crippen LogP contribution < -0.4 is 10.6 Å². The molecule has 1 amide bonds. The van der Waals surface area contributed by atoms with Crippen molar-refractivity contribution in [2.45, 2.75) is 19.3 Å². The summed E-state index contributed by atoms with van der Waals surface area (Å²) in [5, 5.41) is 6.21. The topological polar surface area (TPSA) is 69.8 Å². The first-order chi connectivity index (χ1) is 7.86. The Kier molecular flexibility index (Phi) is 3.93. The van der Waals surface area contributed by atoms with Gasteiger partial charge < -0.3 is 15.6 Å². The lowest BCUT2D eigenvalue weighted by atomic mass is 9.99. The summed E-state index contributed by atoms with van der Waals surface area (Å²) in [7, 11) is 0. The second-order valence-electron chi connectivity index (χ2n) is 4.16. The number of aromatic nitrogens is 2. The molecule has 1 atom stereocenters. The van der Waals surface area contributed by atoms with Crippen LogP contribution in [0.5, 0.6) is 0 Å². The lowest BCUT2D eigenvalue weighted by molar-refractivity contribution is -0.125. The maximum absolute atomic E-state index is 11.7. The van der Waals surface area contributed by atoms with Crippen molar-refractivity contribution in [3.8, 4) is 0 Å². The van der Waals surface area contributed by atoms with E-state index in [2.05, 4.69) is 20.6 Å². The fraction of sp³-hybridized carbons (Fsp3) is 0.636. The molecule has 5 nitrogen and oxygen atoms in total. The summed E-state index contributed by atoms with van der Waals surface area (Å²) >= 11 is 0. The molecule has 1 unspecified atom stereocenters. The van der Waals surface area contributed by atoms with Gasteiger partial charge in [-0.2, -0.15) is 0 Å². The van der Waals surface area contributed by atoms with E-state index in [0.717, 1.165) is 38.0 Å². The molecule has 1 aromatic rings. The van der Waals surface area contributed by atoms with Crippen molar-refractivity contribution in [3.05, 3.63) is 18.2 Å². The Morgan fingerprint density at radius 1 is 1.62 bits per heavy atom. The Labute approximate surface area is 95.0 Å². The first-order valence-corrected chi connectivity index (χ1v) is 5.82. The third-order valence-electron chi connectivity index (χ3n) is 2.92. The second kappa shape index (κ2) is 5.65. The van der Waals surface area contributed by atoms with Gasteiger partial charge in [-0.1, -0.05) is 0 Å². The standard InChI is InChI=1S/C11H18N4O/c16-11(9-2-1-4-12-6-9)14-5-3-10-7-13-8-15-10/h7-9,12H,1-6H2,(H,13,15)(H,14,16). The van der Waals surface area contributed by atoms with E-state index in [4.69, 9.17) is 0 Å². The molecule has 5 heteroatoms. The molecule has 16 heavy (non-hydrogen) atoms. The van der Waals surface area contributed by atoms with Crippen molar-refractivity contribution in [2.24, 2.45) is 5.92 Å². The van der Waals surface area contributed by atoms with Crippen LogP contribution in [0.15, 0.2) is 12.5 Å². The van der Waals surface area contributed by atoms with Crippen LogP contribution in [0.1, 0.15) is 18.5 Å². The molecule has 1 fully saturated rings. The van der Waals surface area contributed by atoms with Crippen LogP contribution in [0.25, 0.3) is 0 Å². The van der Waals surface area contributed by atoms with Crippen molar-refractivity contribution >= 4 is 5.91 Å². The molecule has 0 bridgehead atoms. The van der Waals surface area contributed by atoms with Crippen LogP contribution in [0.3, 0.4) is 0 Å². The number of imidazole rings is 1. The monoisotopic (exact) mass is 222 g/mol. The smallest absolute Gasteiger partial charge is 0.224 e. The zero-order valence-electron chi connectivity index (χ0n) is 9.33. The third kappa shape index (κ3) is 3.06. The van der Waals surface area contributed by atoms with Gasteiger partial charge >= 0.3 is 0 Å². The van der Waals surface area contributed by atoms with Gasteiger partial charge in [0, 0.05) is 31.4 Å². The lowest BCUT2D eigenvalue weighted by Gasteiger charge is -2.21. The number of nitrogens with one attached hydrogen (secondary N) is 3. The number of carbonyl (C=O) groups excluding carboxylic acids is 1. The minimum Gasteiger partial charge on any atom is -0.355 e. The highest BCUT2D eigenvalue weighted by molar-refractivity contribution is 5.78. The van der Waals surface area contributed by atoms with Gasteiger partial charge in [0.05, 0.1) is 12.2 Å². The highest BCUT2D eigenvalue weighted by Gasteiger charge is 2.19. The Balaban J connectivity index is 1.67. The first-order valence-electron chi connectivity index (χ1n) is 5.82. The van der Waals surface area contributed by atoms with Crippen LogP contribution >= 0.6 is 0 Å². The van der Waals surface area contributed by atoms with Gasteiger partial charge in [0.2, 0.25) is 5.91 Å². The van der Waals surface area contributed by atoms with E-state index in [9.17, 15) is 4.79 Å². The predicted octanol–water partition coefficient (Wildman–Crippen LogP) is 0.0680. The zero-order valence-corrected chi connectivity index (χ0v) is 9.33. The molecule has 88 valence electrons. The molecule has 2 rings (SSSR count). The van der Waals surface area contributed by atoms with E-state index in [-0.39, 0.29) is 11.8 Å². The number of carbonyl (C=O) groups is 1. The Hall–Kier alpha value is -1.36.